The largest absolute Gasteiger partial charge is 0.381 e. The minimum atomic E-state index is -0.245. The molecule has 6 nitrogen and oxygen atoms in total. The smallest absolute Gasteiger partial charge is 0.193 e. The fourth-order valence-electron chi connectivity index (χ4n) is 3.12. The van der Waals surface area contributed by atoms with E-state index in [1.165, 1.54) is 12.1 Å². The monoisotopic (exact) mass is 359 g/mol. The summed E-state index contributed by atoms with van der Waals surface area (Å²) >= 11 is 0. The van der Waals surface area contributed by atoms with E-state index in [1.807, 2.05) is 12.3 Å². The zero-order valence-electron chi connectivity index (χ0n) is 15.4. The highest BCUT2D eigenvalue weighted by Crippen LogP contribution is 2.13. The van der Waals surface area contributed by atoms with E-state index in [0.29, 0.717) is 5.92 Å². The normalized spacial score (nSPS) is 17.5. The first-order valence-electron chi connectivity index (χ1n) is 8.95. The molecule has 1 aliphatic heterocycles. The van der Waals surface area contributed by atoms with Crippen molar-refractivity contribution in [3.63, 3.8) is 0 Å². The van der Waals surface area contributed by atoms with E-state index in [9.17, 15) is 4.39 Å². The molecule has 1 fully saturated rings. The van der Waals surface area contributed by atoms with Gasteiger partial charge in [-0.3, -0.25) is 4.99 Å². The van der Waals surface area contributed by atoms with Crippen LogP contribution in [0.15, 0.2) is 41.5 Å². The van der Waals surface area contributed by atoms with Crippen molar-refractivity contribution in [3.05, 3.63) is 48.0 Å². The fraction of sp³-hybridized carbons (Fsp3) is 0.474. The van der Waals surface area contributed by atoms with Crippen LogP contribution >= 0.6 is 0 Å². The van der Waals surface area contributed by atoms with Crippen molar-refractivity contribution in [2.75, 3.05) is 40.4 Å². The van der Waals surface area contributed by atoms with Gasteiger partial charge in [0.1, 0.15) is 5.82 Å². The molecule has 1 aromatic carbocycles. The van der Waals surface area contributed by atoms with Crippen LogP contribution in [0.4, 0.5) is 4.39 Å². The lowest BCUT2D eigenvalue weighted by Crippen LogP contribution is -2.42. The number of benzene rings is 1. The summed E-state index contributed by atoms with van der Waals surface area (Å²) in [5.41, 5.74) is 1.82. The van der Waals surface area contributed by atoms with Gasteiger partial charge in [0.25, 0.3) is 0 Å². The zero-order valence-corrected chi connectivity index (χ0v) is 15.4. The number of ether oxygens (including phenoxy) is 1. The molecule has 0 aliphatic carbocycles. The lowest BCUT2D eigenvalue weighted by molar-refractivity contribution is 0.181. The molecule has 1 N–H and O–H groups in total. The Bertz CT molecular complexity index is 722. The maximum atomic E-state index is 13.0. The van der Waals surface area contributed by atoms with Crippen LogP contribution in [-0.4, -0.2) is 61.0 Å². The van der Waals surface area contributed by atoms with Crippen molar-refractivity contribution in [1.29, 1.82) is 0 Å². The quantitative estimate of drug-likeness (QED) is 0.634. The molecule has 1 aliphatic rings. The number of nitrogens with zero attached hydrogens (tertiary/aromatic N) is 4. The third-order valence-corrected chi connectivity index (χ3v) is 4.53. The first-order valence-corrected chi connectivity index (χ1v) is 8.95. The van der Waals surface area contributed by atoms with Gasteiger partial charge in [-0.2, -0.15) is 5.10 Å². The van der Waals surface area contributed by atoms with Crippen molar-refractivity contribution in [2.45, 2.75) is 12.8 Å². The molecule has 2 heterocycles. The average Bonchev–Trinajstić information content (AvgIpc) is 3.31. The summed E-state index contributed by atoms with van der Waals surface area (Å²) in [5, 5.41) is 7.93. The van der Waals surface area contributed by atoms with E-state index in [-0.39, 0.29) is 5.82 Å². The van der Waals surface area contributed by atoms with Crippen molar-refractivity contribution < 1.29 is 9.13 Å². The average molecular weight is 359 g/mol. The molecule has 0 spiro atoms. The summed E-state index contributed by atoms with van der Waals surface area (Å²) < 4.78 is 20.2. The summed E-state index contributed by atoms with van der Waals surface area (Å²) in [5.74, 6) is 1.21. The van der Waals surface area contributed by atoms with Gasteiger partial charge in [0.05, 0.1) is 18.0 Å². The second kappa shape index (κ2) is 8.80. The highest BCUT2D eigenvalue weighted by atomic mass is 19.1. The van der Waals surface area contributed by atoms with E-state index in [0.717, 1.165) is 56.5 Å². The molecular weight excluding hydrogens is 333 g/mol. The van der Waals surface area contributed by atoms with Gasteiger partial charge in [0.2, 0.25) is 0 Å². The van der Waals surface area contributed by atoms with Gasteiger partial charge in [-0.15, -0.1) is 0 Å². The Morgan fingerprint density at radius 2 is 2.19 bits per heavy atom. The van der Waals surface area contributed by atoms with Crippen molar-refractivity contribution >= 4 is 5.96 Å². The van der Waals surface area contributed by atoms with E-state index < -0.39 is 0 Å². The molecule has 3 rings (SSSR count). The van der Waals surface area contributed by atoms with Crippen LogP contribution in [0.2, 0.25) is 0 Å². The molecule has 1 unspecified atom stereocenters. The maximum absolute atomic E-state index is 13.0. The van der Waals surface area contributed by atoms with E-state index in [1.54, 1.807) is 23.9 Å². The van der Waals surface area contributed by atoms with Gasteiger partial charge in [-0.25, -0.2) is 9.07 Å². The molecule has 2 aromatic rings. The number of rotatable bonds is 6. The predicted octanol–water partition coefficient (Wildman–Crippen LogP) is 2.10. The SMILES string of the molecule is CN=C(NCCc1ccn(-c2ccc(F)cc2)n1)N(C)CC1CCOC1. The first-order chi connectivity index (χ1) is 12.7. The predicted molar refractivity (Wildman–Crippen MR) is 100 cm³/mol. The fourth-order valence-corrected chi connectivity index (χ4v) is 3.12. The number of halogens is 1. The molecule has 0 bridgehead atoms. The highest BCUT2D eigenvalue weighted by Gasteiger charge is 2.18. The number of hydrogen-bond donors (Lipinski definition) is 1. The maximum Gasteiger partial charge on any atom is 0.193 e. The molecule has 1 aromatic heterocycles. The molecule has 26 heavy (non-hydrogen) atoms. The Morgan fingerprint density at radius 1 is 1.38 bits per heavy atom. The molecule has 0 amide bonds. The summed E-state index contributed by atoms with van der Waals surface area (Å²) in [4.78, 5) is 6.50. The van der Waals surface area contributed by atoms with Gasteiger partial charge in [0, 0.05) is 52.3 Å². The Morgan fingerprint density at radius 3 is 2.88 bits per heavy atom. The molecular formula is C19H26FN5O. The van der Waals surface area contributed by atoms with Gasteiger partial charge in [-0.05, 0) is 36.8 Å². The number of hydrogen-bond acceptors (Lipinski definition) is 3. The standard InChI is InChI=1S/C19H26FN5O/c1-21-19(24(2)13-15-9-12-26-14-15)22-10-7-17-8-11-25(23-17)18-5-3-16(20)4-6-18/h3-6,8,11,15H,7,9-10,12-14H2,1-2H3,(H,21,22). The van der Waals surface area contributed by atoms with Gasteiger partial charge in [-0.1, -0.05) is 0 Å². The minimum Gasteiger partial charge on any atom is -0.381 e. The van der Waals surface area contributed by atoms with Crippen molar-refractivity contribution in [3.8, 4) is 5.69 Å². The van der Waals surface area contributed by atoms with Crippen LogP contribution in [0.1, 0.15) is 12.1 Å². The Kier molecular flexibility index (Phi) is 6.22. The summed E-state index contributed by atoms with van der Waals surface area (Å²) in [7, 11) is 3.85. The third-order valence-electron chi connectivity index (χ3n) is 4.53. The van der Waals surface area contributed by atoms with E-state index in [2.05, 4.69) is 27.4 Å². The minimum absolute atomic E-state index is 0.245. The Balaban J connectivity index is 1.48. The van der Waals surface area contributed by atoms with E-state index in [4.69, 9.17) is 4.74 Å². The summed E-state index contributed by atoms with van der Waals surface area (Å²) in [6.07, 6.45) is 3.79. The molecule has 1 atom stereocenters. The van der Waals surface area contributed by atoms with Crippen LogP contribution in [0.5, 0.6) is 0 Å². The van der Waals surface area contributed by atoms with Gasteiger partial charge in [0.15, 0.2) is 5.96 Å². The lowest BCUT2D eigenvalue weighted by atomic mass is 10.1. The van der Waals surface area contributed by atoms with Crippen LogP contribution in [-0.2, 0) is 11.2 Å². The van der Waals surface area contributed by atoms with Crippen LogP contribution in [0.25, 0.3) is 5.69 Å². The summed E-state index contributed by atoms with van der Waals surface area (Å²) in [6.45, 7) is 3.39. The number of nitrogens with one attached hydrogen (secondary N) is 1. The Hall–Kier alpha value is -2.41. The number of aliphatic imine (C=N–C) groups is 1. The van der Waals surface area contributed by atoms with Crippen LogP contribution in [0, 0.1) is 11.7 Å². The number of guanidine groups is 1. The molecule has 140 valence electrons. The zero-order chi connectivity index (χ0) is 18.4. The lowest BCUT2D eigenvalue weighted by Gasteiger charge is -2.24. The number of aromatic nitrogens is 2. The highest BCUT2D eigenvalue weighted by molar-refractivity contribution is 5.79. The van der Waals surface area contributed by atoms with Crippen molar-refractivity contribution in [2.24, 2.45) is 10.9 Å². The van der Waals surface area contributed by atoms with E-state index >= 15 is 0 Å². The molecule has 0 radical (unpaired) electrons. The second-order valence-corrected chi connectivity index (χ2v) is 6.56. The molecule has 7 heteroatoms. The van der Waals surface area contributed by atoms with Crippen LogP contribution < -0.4 is 5.32 Å². The first kappa shape index (κ1) is 18.4. The van der Waals surface area contributed by atoms with Gasteiger partial charge < -0.3 is 15.0 Å². The second-order valence-electron chi connectivity index (χ2n) is 6.56. The third kappa shape index (κ3) is 4.82. The topological polar surface area (TPSA) is 54.7 Å². The van der Waals surface area contributed by atoms with Crippen molar-refractivity contribution in [1.82, 2.24) is 20.0 Å². The van der Waals surface area contributed by atoms with Gasteiger partial charge >= 0.3 is 0 Å². The van der Waals surface area contributed by atoms with Crippen LogP contribution in [0.3, 0.4) is 0 Å². The molecule has 1 saturated heterocycles. The molecule has 0 saturated carbocycles. The Labute approximate surface area is 153 Å². The summed E-state index contributed by atoms with van der Waals surface area (Å²) in [6, 6.07) is 8.29.